The van der Waals surface area contributed by atoms with E-state index in [9.17, 15) is 24.3 Å². The molecule has 37 heavy (non-hydrogen) atoms. The summed E-state index contributed by atoms with van der Waals surface area (Å²) in [4.78, 5) is 48.7. The molecule has 1 unspecified atom stereocenters. The second-order valence-electron chi connectivity index (χ2n) is 8.01. The number of methoxy groups -OCH3 is 1. The van der Waals surface area contributed by atoms with Crippen LogP contribution in [0.25, 0.3) is 0 Å². The molecule has 11 heteroatoms. The first-order valence-corrected chi connectivity index (χ1v) is 11.8. The van der Waals surface area contributed by atoms with E-state index in [0.29, 0.717) is 19.4 Å². The average molecular weight is 516 g/mol. The molecule has 0 saturated carbocycles. The molecule has 0 aliphatic rings. The van der Waals surface area contributed by atoms with Gasteiger partial charge in [0, 0.05) is 6.54 Å². The number of carbonyl (C=O) groups excluding carboxylic acids is 4. The first-order chi connectivity index (χ1) is 17.9. The van der Waals surface area contributed by atoms with Crippen molar-refractivity contribution in [1.29, 1.82) is 0 Å². The molecule has 4 N–H and O–H groups in total. The minimum absolute atomic E-state index is 0.0114. The molecule has 0 fully saturated rings. The number of aliphatic hydroxyl groups is 1. The van der Waals surface area contributed by atoms with Gasteiger partial charge in [0.05, 0.1) is 13.7 Å². The summed E-state index contributed by atoms with van der Waals surface area (Å²) in [5, 5.41) is 16.9. The Bertz CT molecular complexity index is 988. The van der Waals surface area contributed by atoms with E-state index in [-0.39, 0.29) is 19.6 Å². The van der Waals surface area contributed by atoms with Crippen molar-refractivity contribution in [1.82, 2.24) is 16.0 Å². The first-order valence-electron chi connectivity index (χ1n) is 11.8. The summed E-state index contributed by atoms with van der Waals surface area (Å²) in [6.45, 7) is -0.214. The number of rotatable bonds is 14. The van der Waals surface area contributed by atoms with Crippen molar-refractivity contribution in [2.24, 2.45) is 0 Å². The van der Waals surface area contributed by atoms with Crippen LogP contribution in [0, 0.1) is 0 Å². The summed E-state index contributed by atoms with van der Waals surface area (Å²) in [6, 6.07) is 16.0. The molecule has 2 rings (SSSR count). The molecule has 2 atom stereocenters. The van der Waals surface area contributed by atoms with Gasteiger partial charge in [0.25, 0.3) is 0 Å². The van der Waals surface area contributed by atoms with Crippen LogP contribution in [0.1, 0.15) is 30.4 Å². The Morgan fingerprint density at radius 1 is 0.784 bits per heavy atom. The molecule has 0 aliphatic carbocycles. The SMILES string of the molecule is COC(=O)[C@H](CO)NC(=O)C(CCCCNC(=O)OCc1ccccc1)NC(=O)OCc1ccccc1. The topological polar surface area (TPSA) is 152 Å². The number of hydrogen-bond donors (Lipinski definition) is 4. The number of esters is 1. The van der Waals surface area contributed by atoms with Gasteiger partial charge in [0.2, 0.25) is 5.91 Å². The predicted molar refractivity (Wildman–Crippen MR) is 133 cm³/mol. The van der Waals surface area contributed by atoms with E-state index < -0.39 is 42.8 Å². The number of ether oxygens (including phenoxy) is 3. The van der Waals surface area contributed by atoms with E-state index in [4.69, 9.17) is 9.47 Å². The van der Waals surface area contributed by atoms with E-state index in [1.165, 1.54) is 0 Å². The lowest BCUT2D eigenvalue weighted by Gasteiger charge is -2.21. The molecule has 3 amide bonds. The van der Waals surface area contributed by atoms with E-state index in [2.05, 4.69) is 20.7 Å². The molecule has 11 nitrogen and oxygen atoms in total. The van der Waals surface area contributed by atoms with Crippen molar-refractivity contribution in [2.75, 3.05) is 20.3 Å². The molecule has 0 saturated heterocycles. The standard InChI is InChI=1S/C26H33N3O8/c1-35-24(32)22(16-30)28-23(31)21(29-26(34)37-18-20-12-6-3-7-13-20)14-8-9-15-27-25(33)36-17-19-10-4-2-5-11-19/h2-7,10-13,21-22,30H,8-9,14-18H2,1H3,(H,27,33)(H,28,31)(H,29,34)/t21?,22-/m0/s1. The quantitative estimate of drug-likeness (QED) is 0.169. The lowest BCUT2D eigenvalue weighted by atomic mass is 10.1. The van der Waals surface area contributed by atoms with Crippen LogP contribution in [-0.4, -0.2) is 61.5 Å². The zero-order valence-corrected chi connectivity index (χ0v) is 20.7. The summed E-state index contributed by atoms with van der Waals surface area (Å²) >= 11 is 0. The lowest BCUT2D eigenvalue weighted by Crippen LogP contribution is -2.53. The summed E-state index contributed by atoms with van der Waals surface area (Å²) in [6.07, 6.45) is -0.259. The number of alkyl carbamates (subject to hydrolysis) is 2. The predicted octanol–water partition coefficient (Wildman–Crippen LogP) is 2.03. The van der Waals surface area contributed by atoms with Crippen LogP contribution in [0.15, 0.2) is 60.7 Å². The molecule has 2 aromatic rings. The highest BCUT2D eigenvalue weighted by molar-refractivity contribution is 5.89. The molecule has 200 valence electrons. The normalized spacial score (nSPS) is 11.9. The van der Waals surface area contributed by atoms with Crippen molar-refractivity contribution in [3.8, 4) is 0 Å². The number of unbranched alkanes of at least 4 members (excludes halogenated alkanes) is 1. The highest BCUT2D eigenvalue weighted by Crippen LogP contribution is 2.06. The summed E-state index contributed by atoms with van der Waals surface area (Å²) in [5.74, 6) is -1.50. The molecule has 0 aromatic heterocycles. The van der Waals surface area contributed by atoms with Crippen molar-refractivity contribution in [3.05, 3.63) is 71.8 Å². The van der Waals surface area contributed by atoms with Crippen LogP contribution in [0.4, 0.5) is 9.59 Å². The largest absolute Gasteiger partial charge is 0.467 e. The van der Waals surface area contributed by atoms with Gasteiger partial charge in [-0.25, -0.2) is 14.4 Å². The number of aliphatic hydroxyl groups excluding tert-OH is 1. The molecule has 0 aliphatic heterocycles. The van der Waals surface area contributed by atoms with Gasteiger partial charge in [-0.1, -0.05) is 60.7 Å². The van der Waals surface area contributed by atoms with Gasteiger partial charge in [-0.3, -0.25) is 4.79 Å². The highest BCUT2D eigenvalue weighted by Gasteiger charge is 2.27. The third kappa shape index (κ3) is 11.4. The Morgan fingerprint density at radius 3 is 1.89 bits per heavy atom. The van der Waals surface area contributed by atoms with Gasteiger partial charge in [-0.05, 0) is 30.4 Å². The van der Waals surface area contributed by atoms with Crippen LogP contribution < -0.4 is 16.0 Å². The molecule has 0 bridgehead atoms. The Kier molecular flexibility index (Phi) is 13.0. The maximum atomic E-state index is 12.7. The average Bonchev–Trinajstić information content (AvgIpc) is 2.93. The third-order valence-electron chi connectivity index (χ3n) is 5.21. The van der Waals surface area contributed by atoms with Crippen LogP contribution in [0.3, 0.4) is 0 Å². The van der Waals surface area contributed by atoms with Crippen molar-refractivity contribution in [3.63, 3.8) is 0 Å². The van der Waals surface area contributed by atoms with E-state index in [1.807, 2.05) is 36.4 Å². The molecular formula is C26H33N3O8. The van der Waals surface area contributed by atoms with Gasteiger partial charge in [0.1, 0.15) is 19.3 Å². The zero-order chi connectivity index (χ0) is 26.9. The van der Waals surface area contributed by atoms with E-state index >= 15 is 0 Å². The number of amides is 3. The van der Waals surface area contributed by atoms with Crippen LogP contribution in [0.5, 0.6) is 0 Å². The molecule has 2 aromatic carbocycles. The molecule has 0 heterocycles. The molecular weight excluding hydrogens is 482 g/mol. The Morgan fingerprint density at radius 2 is 1.35 bits per heavy atom. The van der Waals surface area contributed by atoms with Gasteiger partial charge in [-0.15, -0.1) is 0 Å². The summed E-state index contributed by atoms with van der Waals surface area (Å²) in [5.41, 5.74) is 1.64. The first kappa shape index (κ1) is 29.1. The number of nitrogens with one attached hydrogen (secondary N) is 3. The summed E-state index contributed by atoms with van der Waals surface area (Å²) in [7, 11) is 1.13. The third-order valence-corrected chi connectivity index (χ3v) is 5.21. The number of benzene rings is 2. The van der Waals surface area contributed by atoms with Gasteiger partial charge in [0.15, 0.2) is 6.04 Å². The minimum Gasteiger partial charge on any atom is -0.467 e. The smallest absolute Gasteiger partial charge is 0.408 e. The van der Waals surface area contributed by atoms with E-state index in [1.54, 1.807) is 24.3 Å². The number of hydrogen-bond acceptors (Lipinski definition) is 8. The summed E-state index contributed by atoms with van der Waals surface area (Å²) < 4.78 is 14.9. The Hall–Kier alpha value is -4.12. The zero-order valence-electron chi connectivity index (χ0n) is 20.7. The van der Waals surface area contributed by atoms with Crippen molar-refractivity contribution >= 4 is 24.1 Å². The van der Waals surface area contributed by atoms with E-state index in [0.717, 1.165) is 18.2 Å². The maximum Gasteiger partial charge on any atom is 0.408 e. The van der Waals surface area contributed by atoms with Gasteiger partial charge in [-0.2, -0.15) is 0 Å². The minimum atomic E-state index is -1.27. The van der Waals surface area contributed by atoms with Crippen LogP contribution >= 0.6 is 0 Å². The van der Waals surface area contributed by atoms with Crippen molar-refractivity contribution in [2.45, 2.75) is 44.6 Å². The van der Waals surface area contributed by atoms with Crippen LogP contribution in [0.2, 0.25) is 0 Å². The monoisotopic (exact) mass is 515 g/mol. The van der Waals surface area contributed by atoms with Crippen molar-refractivity contribution < 1.29 is 38.5 Å². The number of carbonyl (C=O) groups is 4. The lowest BCUT2D eigenvalue weighted by molar-refractivity contribution is -0.146. The fourth-order valence-corrected chi connectivity index (χ4v) is 3.21. The Labute approximate surface area is 215 Å². The fourth-order valence-electron chi connectivity index (χ4n) is 3.21. The fraction of sp³-hybridized carbons (Fsp3) is 0.385. The second kappa shape index (κ2) is 16.5. The second-order valence-corrected chi connectivity index (χ2v) is 8.01. The molecule has 0 radical (unpaired) electrons. The van der Waals surface area contributed by atoms with Gasteiger partial charge < -0.3 is 35.3 Å². The van der Waals surface area contributed by atoms with Gasteiger partial charge >= 0.3 is 18.2 Å². The highest BCUT2D eigenvalue weighted by atomic mass is 16.6. The Balaban J connectivity index is 1.82. The molecule has 0 spiro atoms. The maximum absolute atomic E-state index is 12.7. The van der Waals surface area contributed by atoms with Crippen LogP contribution in [-0.2, 0) is 37.0 Å².